The summed E-state index contributed by atoms with van der Waals surface area (Å²) in [6, 6.07) is 27.2. The van der Waals surface area contributed by atoms with Gasteiger partial charge in [-0.2, -0.15) is 0 Å². The van der Waals surface area contributed by atoms with Crippen molar-refractivity contribution >= 4 is 28.6 Å². The molecule has 1 aliphatic rings. The average Bonchev–Trinajstić information content (AvgIpc) is 3.65. The van der Waals surface area contributed by atoms with Crippen LogP contribution in [0.4, 0.5) is 0 Å². The third-order valence-electron chi connectivity index (χ3n) is 5.50. The summed E-state index contributed by atoms with van der Waals surface area (Å²) in [5.41, 5.74) is 2.44. The summed E-state index contributed by atoms with van der Waals surface area (Å²) in [6.45, 7) is 0.394. The predicted molar refractivity (Wildman–Crippen MR) is 128 cm³/mol. The van der Waals surface area contributed by atoms with Crippen molar-refractivity contribution in [1.29, 1.82) is 0 Å². The van der Waals surface area contributed by atoms with Gasteiger partial charge in [-0.3, -0.25) is 14.2 Å². The van der Waals surface area contributed by atoms with Crippen LogP contribution in [0.5, 0.6) is 0 Å². The second kappa shape index (κ2) is 9.01. The van der Waals surface area contributed by atoms with Crippen LogP contribution in [0.15, 0.2) is 94.9 Å². The Morgan fingerprint density at radius 3 is 2.34 bits per heavy atom. The Morgan fingerprint density at radius 2 is 1.62 bits per heavy atom. The molecule has 1 atom stereocenters. The van der Waals surface area contributed by atoms with Crippen molar-refractivity contribution in [2.45, 2.75) is 35.8 Å². The van der Waals surface area contributed by atoms with Gasteiger partial charge < -0.3 is 5.32 Å². The van der Waals surface area contributed by atoms with E-state index in [4.69, 9.17) is 4.98 Å². The summed E-state index contributed by atoms with van der Waals surface area (Å²) in [5, 5.41) is 3.74. The summed E-state index contributed by atoms with van der Waals surface area (Å²) in [5.74, 6) is -0.0441. The number of rotatable bonds is 7. The Kier molecular flexibility index (Phi) is 5.77. The molecule has 0 unspecified atom stereocenters. The normalized spacial score (nSPS) is 14.2. The van der Waals surface area contributed by atoms with Gasteiger partial charge in [0.15, 0.2) is 5.16 Å². The fraction of sp³-hybridized carbons (Fsp3) is 0.192. The molecule has 6 heteroatoms. The number of fused-ring (bicyclic) bond motifs is 1. The number of para-hydroxylation sites is 1. The molecule has 160 valence electrons. The lowest BCUT2D eigenvalue weighted by Crippen LogP contribution is -2.31. The lowest BCUT2D eigenvalue weighted by atomic mass is 10.1. The number of nitrogens with one attached hydrogen (secondary N) is 1. The Balaban J connectivity index is 1.59. The minimum absolute atomic E-state index is 0.0441. The Morgan fingerprint density at radius 1 is 0.969 bits per heavy atom. The van der Waals surface area contributed by atoms with Crippen molar-refractivity contribution in [1.82, 2.24) is 14.9 Å². The topological polar surface area (TPSA) is 64.0 Å². The van der Waals surface area contributed by atoms with E-state index in [9.17, 15) is 9.59 Å². The smallest absolute Gasteiger partial charge is 0.262 e. The number of carbonyl (C=O) groups is 1. The van der Waals surface area contributed by atoms with Gasteiger partial charge in [-0.25, -0.2) is 4.98 Å². The molecule has 0 saturated heterocycles. The van der Waals surface area contributed by atoms with Crippen LogP contribution >= 0.6 is 11.8 Å². The summed E-state index contributed by atoms with van der Waals surface area (Å²) in [7, 11) is 0. The van der Waals surface area contributed by atoms with Gasteiger partial charge in [-0.15, -0.1) is 0 Å². The van der Waals surface area contributed by atoms with E-state index in [1.165, 1.54) is 11.8 Å². The second-order valence-corrected chi connectivity index (χ2v) is 9.05. The molecule has 5 rings (SSSR count). The first kappa shape index (κ1) is 20.5. The lowest BCUT2D eigenvalue weighted by Gasteiger charge is -2.19. The number of hydrogen-bond donors (Lipinski definition) is 1. The van der Waals surface area contributed by atoms with Crippen LogP contribution in [0.25, 0.3) is 10.9 Å². The summed E-state index contributed by atoms with van der Waals surface area (Å²) < 4.78 is 1.68. The summed E-state index contributed by atoms with van der Waals surface area (Å²) in [6.07, 6.45) is 2.04. The van der Waals surface area contributed by atoms with Crippen molar-refractivity contribution in [2.24, 2.45) is 0 Å². The highest BCUT2D eigenvalue weighted by molar-refractivity contribution is 8.00. The van der Waals surface area contributed by atoms with E-state index in [1.54, 1.807) is 10.6 Å². The van der Waals surface area contributed by atoms with Crippen LogP contribution in [0, 0.1) is 0 Å². The van der Waals surface area contributed by atoms with E-state index in [0.29, 0.717) is 22.6 Å². The number of aromatic nitrogens is 2. The molecule has 1 aromatic heterocycles. The second-order valence-electron chi connectivity index (χ2n) is 7.98. The molecule has 1 N–H and O–H groups in total. The minimum atomic E-state index is -0.494. The third kappa shape index (κ3) is 4.46. The van der Waals surface area contributed by atoms with E-state index >= 15 is 0 Å². The third-order valence-corrected chi connectivity index (χ3v) is 6.74. The zero-order valence-corrected chi connectivity index (χ0v) is 18.3. The largest absolute Gasteiger partial charge is 0.352 e. The zero-order chi connectivity index (χ0) is 21.9. The monoisotopic (exact) mass is 441 g/mol. The predicted octanol–water partition coefficient (Wildman–Crippen LogP) is 4.56. The highest BCUT2D eigenvalue weighted by atomic mass is 32.2. The number of benzene rings is 3. The molecule has 0 radical (unpaired) electrons. The fourth-order valence-corrected chi connectivity index (χ4v) is 4.76. The molecule has 4 aromatic rings. The van der Waals surface area contributed by atoms with Gasteiger partial charge in [0.25, 0.3) is 5.56 Å². The number of carbonyl (C=O) groups excluding carboxylic acids is 1. The van der Waals surface area contributed by atoms with Crippen molar-refractivity contribution in [3.8, 4) is 0 Å². The number of nitrogens with zero attached hydrogens (tertiary/aromatic N) is 2. The van der Waals surface area contributed by atoms with Crippen molar-refractivity contribution < 1.29 is 4.79 Å². The molecular weight excluding hydrogens is 418 g/mol. The summed E-state index contributed by atoms with van der Waals surface area (Å²) >= 11 is 1.33. The van der Waals surface area contributed by atoms with Crippen molar-refractivity contribution in [2.75, 3.05) is 0 Å². The van der Waals surface area contributed by atoms with Crippen molar-refractivity contribution in [3.63, 3.8) is 0 Å². The molecule has 3 aromatic carbocycles. The standard InChI is InChI=1S/C26H23N3O2S/c30-24(27-20-15-16-20)23(19-11-5-2-6-12-19)32-26-28-22-14-8-7-13-21(22)25(31)29(26)17-18-9-3-1-4-10-18/h1-14,20,23H,15-17H2,(H,27,30)/t23-/m0/s1. The molecule has 32 heavy (non-hydrogen) atoms. The van der Waals surface area contributed by atoms with Crippen LogP contribution < -0.4 is 10.9 Å². The molecule has 1 saturated carbocycles. The molecule has 1 fully saturated rings. The summed E-state index contributed by atoms with van der Waals surface area (Å²) in [4.78, 5) is 31.4. The first-order valence-corrected chi connectivity index (χ1v) is 11.6. The maximum absolute atomic E-state index is 13.4. The fourth-order valence-electron chi connectivity index (χ4n) is 3.65. The Hall–Kier alpha value is -3.38. The molecule has 5 nitrogen and oxygen atoms in total. The number of amides is 1. The van der Waals surface area contributed by atoms with Gasteiger partial charge in [-0.1, -0.05) is 84.6 Å². The molecule has 1 aliphatic carbocycles. The molecular formula is C26H23N3O2S. The molecule has 1 heterocycles. The zero-order valence-electron chi connectivity index (χ0n) is 17.5. The van der Waals surface area contributed by atoms with E-state index in [1.807, 2.05) is 78.9 Å². The Labute approximate surface area is 190 Å². The Bertz CT molecular complexity index is 1300. The van der Waals surface area contributed by atoms with Crippen LogP contribution in [-0.4, -0.2) is 21.5 Å². The van der Waals surface area contributed by atoms with E-state index in [2.05, 4.69) is 5.32 Å². The van der Waals surface area contributed by atoms with Crippen LogP contribution in [0.3, 0.4) is 0 Å². The van der Waals surface area contributed by atoms with Crippen LogP contribution in [-0.2, 0) is 11.3 Å². The SMILES string of the molecule is O=C(NC1CC1)[C@@H](Sc1nc2ccccc2c(=O)n1Cc1ccccc1)c1ccccc1. The number of hydrogen-bond acceptors (Lipinski definition) is 4. The maximum atomic E-state index is 13.4. The van der Waals surface area contributed by atoms with Crippen LogP contribution in [0.1, 0.15) is 29.2 Å². The highest BCUT2D eigenvalue weighted by Crippen LogP contribution is 2.36. The molecule has 1 amide bonds. The van der Waals surface area contributed by atoms with Gasteiger partial charge in [-0.05, 0) is 36.1 Å². The quantitative estimate of drug-likeness (QED) is 0.337. The minimum Gasteiger partial charge on any atom is -0.352 e. The van der Waals surface area contributed by atoms with Gasteiger partial charge in [0, 0.05) is 6.04 Å². The van der Waals surface area contributed by atoms with Gasteiger partial charge in [0.1, 0.15) is 5.25 Å². The van der Waals surface area contributed by atoms with Gasteiger partial charge >= 0.3 is 0 Å². The van der Waals surface area contributed by atoms with Crippen molar-refractivity contribution in [3.05, 3.63) is 106 Å². The molecule has 0 aliphatic heterocycles. The maximum Gasteiger partial charge on any atom is 0.262 e. The van der Waals surface area contributed by atoms with E-state index in [0.717, 1.165) is 24.0 Å². The van der Waals surface area contributed by atoms with E-state index in [-0.39, 0.29) is 17.5 Å². The first-order valence-electron chi connectivity index (χ1n) is 10.7. The van der Waals surface area contributed by atoms with Gasteiger partial charge in [0.2, 0.25) is 5.91 Å². The number of thioether (sulfide) groups is 1. The average molecular weight is 442 g/mol. The van der Waals surface area contributed by atoms with Crippen LogP contribution in [0.2, 0.25) is 0 Å². The highest BCUT2D eigenvalue weighted by Gasteiger charge is 2.30. The van der Waals surface area contributed by atoms with E-state index < -0.39 is 5.25 Å². The first-order chi connectivity index (χ1) is 15.7. The molecule has 0 bridgehead atoms. The van der Waals surface area contributed by atoms with Gasteiger partial charge in [0.05, 0.1) is 17.4 Å². The lowest BCUT2D eigenvalue weighted by molar-refractivity contribution is -0.120. The molecule has 0 spiro atoms.